The van der Waals surface area contributed by atoms with Crippen molar-refractivity contribution in [2.45, 2.75) is 51.7 Å². The van der Waals surface area contributed by atoms with Gasteiger partial charge in [-0.1, -0.05) is 6.07 Å². The Morgan fingerprint density at radius 1 is 1.33 bits per heavy atom. The van der Waals surface area contributed by atoms with E-state index in [-0.39, 0.29) is 18.2 Å². The van der Waals surface area contributed by atoms with Gasteiger partial charge < -0.3 is 9.14 Å². The standard InChI is InChI=1S/C20H22N8O2/c1-20(2,3)30-19(29)28(18-8-16(25-26-21)22-12-23-18)11-15-10-27-9-14(13-4-5-13)6-7-17(27)24-15/h6-10,12-13H,4-5,11H2,1-3H3. The summed E-state index contributed by atoms with van der Waals surface area (Å²) < 4.78 is 7.52. The van der Waals surface area contributed by atoms with E-state index < -0.39 is 11.7 Å². The molecule has 0 aromatic carbocycles. The first kappa shape index (κ1) is 19.7. The summed E-state index contributed by atoms with van der Waals surface area (Å²) in [4.78, 5) is 29.7. The molecule has 0 atom stereocenters. The van der Waals surface area contributed by atoms with Gasteiger partial charge in [-0.25, -0.2) is 19.7 Å². The molecule has 1 aliphatic rings. The summed E-state index contributed by atoms with van der Waals surface area (Å²) in [5.41, 5.74) is 10.8. The van der Waals surface area contributed by atoms with Gasteiger partial charge in [-0.3, -0.25) is 4.90 Å². The molecule has 10 nitrogen and oxygen atoms in total. The predicted molar refractivity (Wildman–Crippen MR) is 110 cm³/mol. The number of pyridine rings is 1. The van der Waals surface area contributed by atoms with Crippen LogP contribution < -0.4 is 4.90 Å². The van der Waals surface area contributed by atoms with E-state index in [4.69, 9.17) is 10.3 Å². The maximum absolute atomic E-state index is 12.9. The van der Waals surface area contributed by atoms with Crippen molar-refractivity contribution in [1.82, 2.24) is 19.4 Å². The monoisotopic (exact) mass is 406 g/mol. The van der Waals surface area contributed by atoms with Crippen LogP contribution in [-0.4, -0.2) is 31.0 Å². The molecule has 1 fully saturated rings. The highest BCUT2D eigenvalue weighted by Gasteiger charge is 2.26. The van der Waals surface area contributed by atoms with Crippen LogP contribution in [0.3, 0.4) is 0 Å². The zero-order valence-electron chi connectivity index (χ0n) is 17.1. The number of ether oxygens (including phenoxy) is 1. The first-order valence-corrected chi connectivity index (χ1v) is 9.67. The second kappa shape index (κ2) is 7.64. The van der Waals surface area contributed by atoms with Gasteiger partial charge >= 0.3 is 6.09 Å². The molecule has 3 heterocycles. The zero-order valence-corrected chi connectivity index (χ0v) is 17.1. The number of nitrogens with zero attached hydrogens (tertiary/aromatic N) is 8. The summed E-state index contributed by atoms with van der Waals surface area (Å²) in [6, 6.07) is 5.52. The van der Waals surface area contributed by atoms with Crippen LogP contribution in [0, 0.1) is 0 Å². The Morgan fingerprint density at radius 2 is 2.13 bits per heavy atom. The summed E-state index contributed by atoms with van der Waals surface area (Å²) in [5, 5.41) is 3.49. The smallest absolute Gasteiger partial charge is 0.416 e. The molecule has 0 radical (unpaired) electrons. The van der Waals surface area contributed by atoms with Crippen LogP contribution in [0.2, 0.25) is 0 Å². The van der Waals surface area contributed by atoms with Crippen LogP contribution >= 0.6 is 0 Å². The van der Waals surface area contributed by atoms with Gasteiger partial charge in [0.1, 0.15) is 29.2 Å². The third kappa shape index (κ3) is 4.49. The maximum Gasteiger partial charge on any atom is 0.416 e. The minimum Gasteiger partial charge on any atom is -0.443 e. The fourth-order valence-electron chi connectivity index (χ4n) is 3.10. The number of fused-ring (bicyclic) bond motifs is 1. The molecule has 10 heteroatoms. The van der Waals surface area contributed by atoms with Crippen molar-refractivity contribution < 1.29 is 9.53 Å². The Bertz CT molecular complexity index is 1140. The minimum atomic E-state index is -0.686. The van der Waals surface area contributed by atoms with Crippen LogP contribution in [0.15, 0.2) is 42.0 Å². The van der Waals surface area contributed by atoms with Gasteiger partial charge in [0.15, 0.2) is 0 Å². The van der Waals surface area contributed by atoms with Gasteiger partial charge in [-0.05, 0) is 61.8 Å². The van der Waals surface area contributed by atoms with Gasteiger partial charge in [0, 0.05) is 23.4 Å². The fraction of sp³-hybridized carbons (Fsp3) is 0.400. The van der Waals surface area contributed by atoms with E-state index in [1.165, 1.54) is 35.7 Å². The number of carbonyl (C=O) groups excluding carboxylic acids is 1. The van der Waals surface area contributed by atoms with E-state index >= 15 is 0 Å². The second-order valence-corrected chi connectivity index (χ2v) is 8.22. The van der Waals surface area contributed by atoms with E-state index in [9.17, 15) is 4.79 Å². The quantitative estimate of drug-likeness (QED) is 0.339. The summed E-state index contributed by atoms with van der Waals surface area (Å²) in [6.07, 6.45) is 7.09. The number of carbonyl (C=O) groups is 1. The molecular weight excluding hydrogens is 384 g/mol. The molecule has 0 bridgehead atoms. The van der Waals surface area contributed by atoms with E-state index in [1.54, 1.807) is 20.8 Å². The van der Waals surface area contributed by atoms with Crippen molar-refractivity contribution in [2.75, 3.05) is 4.90 Å². The molecule has 1 amide bonds. The molecule has 3 aromatic heterocycles. The lowest BCUT2D eigenvalue weighted by atomic mass is 10.2. The third-order valence-electron chi connectivity index (χ3n) is 4.57. The molecule has 1 aliphatic carbocycles. The average Bonchev–Trinajstić information content (AvgIpc) is 3.44. The molecule has 0 aliphatic heterocycles. The Labute approximate surface area is 173 Å². The topological polar surface area (TPSA) is 121 Å². The highest BCUT2D eigenvalue weighted by atomic mass is 16.6. The van der Waals surface area contributed by atoms with E-state index in [1.807, 2.05) is 16.7 Å². The number of imidazole rings is 1. The number of rotatable bonds is 5. The van der Waals surface area contributed by atoms with Crippen LogP contribution in [0.5, 0.6) is 0 Å². The van der Waals surface area contributed by atoms with Crippen LogP contribution in [0.4, 0.5) is 16.4 Å². The second-order valence-electron chi connectivity index (χ2n) is 8.22. The number of azide groups is 1. The number of hydrogen-bond donors (Lipinski definition) is 0. The lowest BCUT2D eigenvalue weighted by molar-refractivity contribution is 0.0576. The van der Waals surface area contributed by atoms with Gasteiger partial charge in [-0.2, -0.15) is 0 Å². The van der Waals surface area contributed by atoms with Crippen molar-refractivity contribution in [3.8, 4) is 0 Å². The third-order valence-corrected chi connectivity index (χ3v) is 4.57. The van der Waals surface area contributed by atoms with Gasteiger partial charge in [-0.15, -0.1) is 0 Å². The molecule has 1 saturated carbocycles. The number of aromatic nitrogens is 4. The molecule has 154 valence electrons. The lowest BCUT2D eigenvalue weighted by Gasteiger charge is -2.26. The van der Waals surface area contributed by atoms with Gasteiger partial charge in [0.25, 0.3) is 0 Å². The highest BCUT2D eigenvalue weighted by molar-refractivity contribution is 5.86. The highest BCUT2D eigenvalue weighted by Crippen LogP contribution is 2.39. The molecule has 3 aromatic rings. The summed E-state index contributed by atoms with van der Waals surface area (Å²) in [7, 11) is 0. The fourth-order valence-corrected chi connectivity index (χ4v) is 3.10. The summed E-state index contributed by atoms with van der Waals surface area (Å²) in [6.45, 7) is 5.51. The van der Waals surface area contributed by atoms with Gasteiger partial charge in [0.2, 0.25) is 0 Å². The van der Waals surface area contributed by atoms with Crippen molar-refractivity contribution in [1.29, 1.82) is 0 Å². The zero-order chi connectivity index (χ0) is 21.3. The number of amides is 1. The minimum absolute atomic E-state index is 0.111. The Balaban J connectivity index is 1.66. The normalized spacial score (nSPS) is 13.7. The summed E-state index contributed by atoms with van der Waals surface area (Å²) >= 11 is 0. The first-order valence-electron chi connectivity index (χ1n) is 9.67. The maximum atomic E-state index is 12.9. The molecule has 0 spiro atoms. The van der Waals surface area contributed by atoms with E-state index in [0.29, 0.717) is 11.6 Å². The van der Waals surface area contributed by atoms with E-state index in [2.05, 4.69) is 37.2 Å². The van der Waals surface area contributed by atoms with E-state index in [0.717, 1.165) is 5.65 Å². The largest absolute Gasteiger partial charge is 0.443 e. The molecule has 0 saturated heterocycles. The lowest BCUT2D eigenvalue weighted by Crippen LogP contribution is -2.37. The first-order chi connectivity index (χ1) is 14.3. The van der Waals surface area contributed by atoms with Crippen molar-refractivity contribution in [3.63, 3.8) is 0 Å². The van der Waals surface area contributed by atoms with Crippen molar-refractivity contribution >= 4 is 23.4 Å². The van der Waals surface area contributed by atoms with Crippen molar-refractivity contribution in [2.24, 2.45) is 5.11 Å². The molecule has 0 N–H and O–H groups in total. The SMILES string of the molecule is CC(C)(C)OC(=O)N(Cc1cn2cc(C3CC3)ccc2n1)c1cc(N=[N+]=[N-])ncn1. The van der Waals surface area contributed by atoms with Crippen LogP contribution in [-0.2, 0) is 11.3 Å². The van der Waals surface area contributed by atoms with Crippen molar-refractivity contribution in [3.05, 3.63) is 58.6 Å². The van der Waals surface area contributed by atoms with Gasteiger partial charge in [0.05, 0.1) is 12.2 Å². The average molecular weight is 406 g/mol. The Kier molecular flexibility index (Phi) is 5.01. The van der Waals surface area contributed by atoms with Crippen LogP contribution in [0.1, 0.15) is 50.8 Å². The number of hydrogen-bond acceptors (Lipinski definition) is 6. The molecule has 30 heavy (non-hydrogen) atoms. The summed E-state index contributed by atoms with van der Waals surface area (Å²) in [5.74, 6) is 1.01. The predicted octanol–water partition coefficient (Wildman–Crippen LogP) is 4.89. The number of anilines is 1. The molecular formula is C20H22N8O2. The molecule has 0 unspecified atom stereocenters. The molecule has 4 rings (SSSR count). The Hall–Kier alpha value is -3.65. The van der Waals surface area contributed by atoms with Crippen LogP contribution in [0.25, 0.3) is 16.1 Å². The Morgan fingerprint density at radius 3 is 2.83 bits per heavy atom.